The summed E-state index contributed by atoms with van der Waals surface area (Å²) in [5.41, 5.74) is 0.0907. The molecule has 1 aromatic rings. The van der Waals surface area contributed by atoms with E-state index in [1.54, 1.807) is 12.1 Å². The first-order chi connectivity index (χ1) is 8.02. The third kappa shape index (κ3) is 2.50. The second kappa shape index (κ2) is 4.50. The summed E-state index contributed by atoms with van der Waals surface area (Å²) in [4.78, 5) is 10.5. The Morgan fingerprint density at radius 3 is 2.94 bits per heavy atom. The minimum Gasteiger partial charge on any atom is -0.379 e. The molecule has 1 aliphatic heterocycles. The predicted molar refractivity (Wildman–Crippen MR) is 65.6 cm³/mol. The summed E-state index contributed by atoms with van der Waals surface area (Å²) in [6, 6.07) is 4.86. The molecule has 0 aromatic heterocycles. The van der Waals surface area contributed by atoms with Gasteiger partial charge < -0.3 is 10.1 Å². The minimum absolute atomic E-state index is 0.0812. The molecule has 92 valence electrons. The van der Waals surface area contributed by atoms with Crippen LogP contribution in [-0.4, -0.2) is 23.7 Å². The molecule has 1 unspecified atom stereocenters. The van der Waals surface area contributed by atoms with Crippen LogP contribution in [0, 0.1) is 10.1 Å². The molecule has 0 spiro atoms. The van der Waals surface area contributed by atoms with Gasteiger partial charge in [0, 0.05) is 6.61 Å². The van der Waals surface area contributed by atoms with E-state index in [9.17, 15) is 10.1 Å². The van der Waals surface area contributed by atoms with Gasteiger partial charge in [-0.15, -0.1) is 0 Å². The number of anilines is 1. The molecule has 5 nitrogen and oxygen atoms in total. The Morgan fingerprint density at radius 2 is 2.35 bits per heavy atom. The molecule has 6 heteroatoms. The molecule has 0 radical (unpaired) electrons. The van der Waals surface area contributed by atoms with Crippen molar-refractivity contribution in [1.29, 1.82) is 0 Å². The third-order valence-corrected chi connectivity index (χ3v) is 3.13. The van der Waals surface area contributed by atoms with Gasteiger partial charge in [-0.1, -0.05) is 17.7 Å². The van der Waals surface area contributed by atoms with Crippen molar-refractivity contribution in [3.63, 3.8) is 0 Å². The van der Waals surface area contributed by atoms with Gasteiger partial charge >= 0.3 is 5.69 Å². The van der Waals surface area contributed by atoms with Gasteiger partial charge in [0.15, 0.2) is 0 Å². The molecule has 1 aromatic carbocycles. The molecule has 1 fully saturated rings. The maximum Gasteiger partial charge on any atom is 0.310 e. The van der Waals surface area contributed by atoms with Crippen LogP contribution in [0.2, 0.25) is 5.02 Å². The Balaban J connectivity index is 2.32. The van der Waals surface area contributed by atoms with Crippen LogP contribution in [-0.2, 0) is 4.74 Å². The normalized spacial score (nSPS) is 23.6. The summed E-state index contributed by atoms with van der Waals surface area (Å²) in [7, 11) is 0. The maximum absolute atomic E-state index is 11.0. The molecule has 1 saturated heterocycles. The van der Waals surface area contributed by atoms with Crippen LogP contribution < -0.4 is 5.32 Å². The van der Waals surface area contributed by atoms with E-state index in [2.05, 4.69) is 5.32 Å². The Morgan fingerprint density at radius 1 is 1.59 bits per heavy atom. The molecule has 1 heterocycles. The van der Waals surface area contributed by atoms with Crippen molar-refractivity contribution < 1.29 is 9.66 Å². The topological polar surface area (TPSA) is 64.4 Å². The molecule has 17 heavy (non-hydrogen) atoms. The molecule has 0 saturated carbocycles. The second-order valence-corrected chi connectivity index (χ2v) is 4.79. The number of halogens is 1. The molecule has 1 aliphatic rings. The minimum atomic E-state index is -0.468. The summed E-state index contributed by atoms with van der Waals surface area (Å²) in [5, 5.41) is 14.3. The van der Waals surface area contributed by atoms with Crippen molar-refractivity contribution >= 4 is 23.0 Å². The van der Waals surface area contributed by atoms with Crippen LogP contribution in [0.25, 0.3) is 0 Å². The first-order valence-corrected chi connectivity index (χ1v) is 5.68. The molecule has 1 atom stereocenters. The zero-order valence-corrected chi connectivity index (χ0v) is 10.2. The monoisotopic (exact) mass is 256 g/mol. The second-order valence-electron chi connectivity index (χ2n) is 4.38. The fourth-order valence-electron chi connectivity index (χ4n) is 1.89. The van der Waals surface area contributed by atoms with Crippen molar-refractivity contribution in [2.24, 2.45) is 0 Å². The van der Waals surface area contributed by atoms with Gasteiger partial charge in [-0.25, -0.2) is 0 Å². The number of benzene rings is 1. The number of ether oxygens (including phenoxy) is 1. The van der Waals surface area contributed by atoms with Crippen LogP contribution in [0.15, 0.2) is 18.2 Å². The van der Waals surface area contributed by atoms with Crippen LogP contribution in [0.1, 0.15) is 13.3 Å². The van der Waals surface area contributed by atoms with Gasteiger partial charge in [0.25, 0.3) is 0 Å². The highest BCUT2D eigenvalue weighted by atomic mass is 35.5. The lowest BCUT2D eigenvalue weighted by Gasteiger charge is -2.24. The van der Waals surface area contributed by atoms with Crippen molar-refractivity contribution in [3.8, 4) is 0 Å². The van der Waals surface area contributed by atoms with E-state index in [4.69, 9.17) is 16.3 Å². The number of rotatable bonds is 3. The number of nitro groups is 1. The fourth-order valence-corrected chi connectivity index (χ4v) is 2.14. The smallest absolute Gasteiger partial charge is 0.310 e. The first kappa shape index (κ1) is 12.1. The van der Waals surface area contributed by atoms with E-state index in [1.165, 1.54) is 6.07 Å². The number of hydrogen-bond donors (Lipinski definition) is 1. The van der Waals surface area contributed by atoms with Crippen LogP contribution in [0.4, 0.5) is 11.4 Å². The molecule has 2 rings (SSSR count). The van der Waals surface area contributed by atoms with Crippen molar-refractivity contribution in [1.82, 2.24) is 0 Å². The maximum atomic E-state index is 11.0. The Hall–Kier alpha value is -1.33. The van der Waals surface area contributed by atoms with Crippen LogP contribution in [0.3, 0.4) is 0 Å². The van der Waals surface area contributed by atoms with Gasteiger partial charge in [0.1, 0.15) is 10.7 Å². The highest BCUT2D eigenvalue weighted by Gasteiger charge is 2.32. The quantitative estimate of drug-likeness (QED) is 0.667. The third-order valence-electron chi connectivity index (χ3n) is 2.82. The van der Waals surface area contributed by atoms with E-state index in [-0.39, 0.29) is 16.2 Å². The Labute approximate surface area is 104 Å². The van der Waals surface area contributed by atoms with E-state index < -0.39 is 4.92 Å². The average molecular weight is 257 g/mol. The summed E-state index contributed by atoms with van der Waals surface area (Å²) in [6.07, 6.45) is 0.816. The number of para-hydroxylation sites is 1. The Bertz CT molecular complexity index is 444. The molecule has 0 amide bonds. The highest BCUT2D eigenvalue weighted by Crippen LogP contribution is 2.35. The van der Waals surface area contributed by atoms with Gasteiger partial charge in [0.2, 0.25) is 0 Å². The molecule has 1 N–H and O–H groups in total. The van der Waals surface area contributed by atoms with E-state index in [1.807, 2.05) is 6.92 Å². The van der Waals surface area contributed by atoms with Gasteiger partial charge in [-0.3, -0.25) is 10.1 Å². The summed E-state index contributed by atoms with van der Waals surface area (Å²) in [5.74, 6) is 0. The number of nitrogens with one attached hydrogen (secondary N) is 1. The van der Waals surface area contributed by atoms with E-state index in [0.29, 0.717) is 18.9 Å². The van der Waals surface area contributed by atoms with Crippen LogP contribution in [0.5, 0.6) is 0 Å². The molecular formula is C11H13ClN2O3. The van der Waals surface area contributed by atoms with Gasteiger partial charge in [-0.2, -0.15) is 0 Å². The van der Waals surface area contributed by atoms with E-state index in [0.717, 1.165) is 6.42 Å². The van der Waals surface area contributed by atoms with Crippen molar-refractivity contribution in [2.75, 3.05) is 18.5 Å². The predicted octanol–water partition coefficient (Wildman–Crippen LogP) is 2.84. The lowest BCUT2D eigenvalue weighted by Crippen LogP contribution is -2.35. The molecule has 0 aliphatic carbocycles. The molecular weight excluding hydrogens is 244 g/mol. The zero-order chi connectivity index (χ0) is 12.5. The average Bonchev–Trinajstić information content (AvgIpc) is 2.64. The summed E-state index contributed by atoms with van der Waals surface area (Å²) in [6.45, 7) is 3.18. The van der Waals surface area contributed by atoms with Crippen LogP contribution >= 0.6 is 11.6 Å². The van der Waals surface area contributed by atoms with Crippen molar-refractivity contribution in [3.05, 3.63) is 33.3 Å². The lowest BCUT2D eigenvalue weighted by molar-refractivity contribution is -0.383. The molecule has 0 bridgehead atoms. The summed E-state index contributed by atoms with van der Waals surface area (Å²) >= 11 is 5.84. The SMILES string of the molecule is CC1(Nc2cccc(Cl)c2[N+](=O)[O-])CCOC1. The largest absolute Gasteiger partial charge is 0.379 e. The van der Waals surface area contributed by atoms with Gasteiger partial charge in [-0.05, 0) is 25.5 Å². The number of hydrogen-bond acceptors (Lipinski definition) is 4. The number of nitro benzene ring substituents is 1. The highest BCUT2D eigenvalue weighted by molar-refractivity contribution is 6.33. The standard InChI is InChI=1S/C11H13ClN2O3/c1-11(5-6-17-7-11)13-9-4-2-3-8(12)10(9)14(15)16/h2-4,13H,5-7H2,1H3. The Kier molecular flexibility index (Phi) is 3.22. The first-order valence-electron chi connectivity index (χ1n) is 5.31. The number of nitrogens with zero attached hydrogens (tertiary/aromatic N) is 1. The van der Waals surface area contributed by atoms with Gasteiger partial charge in [0.05, 0.1) is 17.1 Å². The fraction of sp³-hybridized carbons (Fsp3) is 0.455. The lowest BCUT2D eigenvalue weighted by atomic mass is 10.0. The zero-order valence-electron chi connectivity index (χ0n) is 9.40. The summed E-state index contributed by atoms with van der Waals surface area (Å²) < 4.78 is 5.30. The van der Waals surface area contributed by atoms with Crippen molar-refractivity contribution in [2.45, 2.75) is 18.9 Å². The van der Waals surface area contributed by atoms with E-state index >= 15 is 0 Å².